The highest BCUT2D eigenvalue weighted by atomic mass is 32.2. The fraction of sp³-hybridized carbons (Fsp3) is 0.0588. The van der Waals surface area contributed by atoms with Crippen molar-refractivity contribution < 1.29 is 13.6 Å². The van der Waals surface area contributed by atoms with E-state index < -0.39 is 11.6 Å². The minimum absolute atomic E-state index is 0.0410. The number of hydrogen-bond acceptors (Lipinski definition) is 8. The van der Waals surface area contributed by atoms with E-state index in [4.69, 9.17) is 5.73 Å². The molecular weight excluding hydrogens is 424 g/mol. The predicted molar refractivity (Wildman–Crippen MR) is 109 cm³/mol. The van der Waals surface area contributed by atoms with Crippen molar-refractivity contribution in [3.8, 4) is 11.3 Å². The first kappa shape index (κ1) is 18.7. The first-order valence-electron chi connectivity index (χ1n) is 7.84. The van der Waals surface area contributed by atoms with E-state index in [1.54, 1.807) is 5.38 Å². The molecule has 142 valence electrons. The van der Waals surface area contributed by atoms with Crippen LogP contribution in [-0.2, 0) is 4.79 Å². The zero-order chi connectivity index (χ0) is 19.7. The van der Waals surface area contributed by atoms with Gasteiger partial charge in [-0.3, -0.25) is 4.79 Å². The van der Waals surface area contributed by atoms with Crippen molar-refractivity contribution in [2.24, 2.45) is 0 Å². The molecule has 0 atom stereocenters. The van der Waals surface area contributed by atoms with Gasteiger partial charge in [0, 0.05) is 10.9 Å². The Balaban J connectivity index is 1.41. The van der Waals surface area contributed by atoms with E-state index in [1.807, 2.05) is 11.4 Å². The number of thiazole rings is 1. The monoisotopic (exact) mass is 435 g/mol. The number of nitrogens with zero attached hydrogens (tertiary/aromatic N) is 3. The molecular formula is C17H11F2N5OS3. The quantitative estimate of drug-likeness (QED) is 0.356. The Morgan fingerprint density at radius 3 is 2.89 bits per heavy atom. The molecule has 4 rings (SSSR count). The molecule has 0 unspecified atom stereocenters. The lowest BCUT2D eigenvalue weighted by Crippen LogP contribution is -2.14. The summed E-state index contributed by atoms with van der Waals surface area (Å²) in [5.41, 5.74) is 6.18. The smallest absolute Gasteiger partial charge is 0.236 e. The average Bonchev–Trinajstić information content (AvgIpc) is 3.32. The number of nitrogens with one attached hydrogen (secondary N) is 1. The van der Waals surface area contributed by atoms with Crippen molar-refractivity contribution in [1.29, 1.82) is 0 Å². The number of aromatic nitrogens is 3. The van der Waals surface area contributed by atoms with Crippen LogP contribution < -0.4 is 11.1 Å². The molecule has 0 aliphatic rings. The van der Waals surface area contributed by atoms with Gasteiger partial charge >= 0.3 is 0 Å². The third-order valence-electron chi connectivity index (χ3n) is 3.62. The van der Waals surface area contributed by atoms with Crippen LogP contribution in [0.2, 0.25) is 0 Å². The second-order valence-electron chi connectivity index (χ2n) is 5.53. The first-order valence-corrected chi connectivity index (χ1v) is 10.6. The van der Waals surface area contributed by atoms with Crippen molar-refractivity contribution in [1.82, 2.24) is 15.0 Å². The van der Waals surface area contributed by atoms with E-state index in [0.29, 0.717) is 16.1 Å². The zero-order valence-corrected chi connectivity index (χ0v) is 16.4. The molecule has 11 heteroatoms. The number of anilines is 2. The molecule has 0 spiro atoms. The summed E-state index contributed by atoms with van der Waals surface area (Å²) in [6.07, 6.45) is 0. The highest BCUT2D eigenvalue weighted by Crippen LogP contribution is 2.29. The molecule has 0 fully saturated rings. The van der Waals surface area contributed by atoms with Crippen LogP contribution in [0, 0.1) is 11.6 Å². The lowest BCUT2D eigenvalue weighted by atomic mass is 10.1. The van der Waals surface area contributed by atoms with Crippen LogP contribution in [0.4, 0.5) is 19.7 Å². The maximum atomic E-state index is 13.8. The summed E-state index contributed by atoms with van der Waals surface area (Å²) in [5, 5.41) is 7.54. The number of nitrogen functional groups attached to an aromatic ring is 1. The van der Waals surface area contributed by atoms with Crippen molar-refractivity contribution in [3.63, 3.8) is 0 Å². The third-order valence-corrected chi connectivity index (χ3v) is 6.03. The van der Waals surface area contributed by atoms with Gasteiger partial charge in [0.05, 0.1) is 16.8 Å². The maximum Gasteiger partial charge on any atom is 0.236 e. The van der Waals surface area contributed by atoms with Crippen LogP contribution >= 0.6 is 34.4 Å². The Morgan fingerprint density at radius 1 is 1.18 bits per heavy atom. The molecule has 3 N–H and O–H groups in total. The van der Waals surface area contributed by atoms with E-state index in [1.165, 1.54) is 11.3 Å². The van der Waals surface area contributed by atoms with E-state index in [9.17, 15) is 13.6 Å². The second kappa shape index (κ2) is 7.78. The number of fused-ring (bicyclic) bond motifs is 1. The summed E-state index contributed by atoms with van der Waals surface area (Å²) < 4.78 is 27.2. The molecule has 3 aromatic heterocycles. The molecule has 0 aliphatic carbocycles. The Labute approximate surface area is 169 Å². The molecule has 0 bridgehead atoms. The maximum absolute atomic E-state index is 13.8. The molecule has 6 nitrogen and oxygen atoms in total. The van der Waals surface area contributed by atoms with Gasteiger partial charge in [-0.05, 0) is 29.6 Å². The lowest BCUT2D eigenvalue weighted by molar-refractivity contribution is -0.113. The Hall–Kier alpha value is -2.63. The van der Waals surface area contributed by atoms with Crippen LogP contribution in [0.1, 0.15) is 0 Å². The molecule has 0 saturated heterocycles. The molecule has 0 saturated carbocycles. The van der Waals surface area contributed by atoms with Crippen LogP contribution in [0.5, 0.6) is 0 Å². The fourth-order valence-corrected chi connectivity index (χ4v) is 4.56. The number of thiophene rings is 1. The van der Waals surface area contributed by atoms with Gasteiger partial charge in [-0.25, -0.2) is 23.7 Å². The third kappa shape index (κ3) is 3.96. The second-order valence-corrected chi connectivity index (χ2v) is 8.22. The fourth-order valence-electron chi connectivity index (χ4n) is 2.36. The summed E-state index contributed by atoms with van der Waals surface area (Å²) in [5.74, 6) is -1.04. The molecule has 1 amide bonds. The van der Waals surface area contributed by atoms with Crippen molar-refractivity contribution in [2.45, 2.75) is 5.16 Å². The van der Waals surface area contributed by atoms with Crippen LogP contribution in [0.15, 0.2) is 40.2 Å². The minimum atomic E-state index is -0.584. The molecule has 0 aliphatic heterocycles. The van der Waals surface area contributed by atoms with Crippen LogP contribution in [-0.4, -0.2) is 26.6 Å². The zero-order valence-electron chi connectivity index (χ0n) is 14.0. The SMILES string of the molecule is Nc1nc(SCC(=O)Nc2nc(-c3cc(F)ccc3F)cs2)nc2sccc12. The van der Waals surface area contributed by atoms with Gasteiger partial charge in [-0.1, -0.05) is 11.8 Å². The highest BCUT2D eigenvalue weighted by Gasteiger charge is 2.14. The van der Waals surface area contributed by atoms with E-state index in [2.05, 4.69) is 20.3 Å². The summed E-state index contributed by atoms with van der Waals surface area (Å²) in [6.45, 7) is 0. The summed E-state index contributed by atoms with van der Waals surface area (Å²) >= 11 is 3.72. The molecule has 28 heavy (non-hydrogen) atoms. The molecule has 4 aromatic rings. The standard InChI is InChI=1S/C17H11F2N5OS3/c18-8-1-2-11(19)10(5-8)12-6-27-16(21-12)22-13(25)7-28-17-23-14(20)9-3-4-26-15(9)24-17/h1-6H,7H2,(H2,20,23,24)(H,21,22,25). The number of rotatable bonds is 5. The largest absolute Gasteiger partial charge is 0.383 e. The number of benzene rings is 1. The number of amides is 1. The van der Waals surface area contributed by atoms with Gasteiger partial charge in [-0.15, -0.1) is 22.7 Å². The van der Waals surface area contributed by atoms with Crippen LogP contribution in [0.3, 0.4) is 0 Å². The number of nitrogens with two attached hydrogens (primary N) is 1. The highest BCUT2D eigenvalue weighted by molar-refractivity contribution is 7.99. The van der Waals surface area contributed by atoms with Crippen molar-refractivity contribution in [2.75, 3.05) is 16.8 Å². The van der Waals surface area contributed by atoms with Gasteiger partial charge in [0.2, 0.25) is 5.91 Å². The number of halogens is 2. The summed E-state index contributed by atoms with van der Waals surface area (Å²) in [7, 11) is 0. The minimum Gasteiger partial charge on any atom is -0.383 e. The predicted octanol–water partition coefficient (Wildman–Crippen LogP) is 4.41. The van der Waals surface area contributed by atoms with E-state index in [-0.39, 0.29) is 22.9 Å². The van der Waals surface area contributed by atoms with Gasteiger partial charge in [-0.2, -0.15) is 0 Å². The van der Waals surface area contributed by atoms with Gasteiger partial charge < -0.3 is 11.1 Å². The number of carbonyl (C=O) groups is 1. The van der Waals surface area contributed by atoms with E-state index >= 15 is 0 Å². The molecule has 0 radical (unpaired) electrons. The molecule has 3 heterocycles. The van der Waals surface area contributed by atoms with Crippen LogP contribution in [0.25, 0.3) is 21.5 Å². The van der Waals surface area contributed by atoms with Gasteiger partial charge in [0.15, 0.2) is 10.3 Å². The average molecular weight is 436 g/mol. The van der Waals surface area contributed by atoms with Gasteiger partial charge in [0.1, 0.15) is 22.3 Å². The normalized spacial score (nSPS) is 11.1. The van der Waals surface area contributed by atoms with Gasteiger partial charge in [0.25, 0.3) is 0 Å². The first-order chi connectivity index (χ1) is 13.5. The number of thioether (sulfide) groups is 1. The Kier molecular flexibility index (Phi) is 5.20. The number of hydrogen-bond donors (Lipinski definition) is 2. The lowest BCUT2D eigenvalue weighted by Gasteiger charge is -2.03. The Bertz CT molecular complexity index is 1180. The topological polar surface area (TPSA) is 93.8 Å². The van der Waals surface area contributed by atoms with Crippen molar-refractivity contribution >= 4 is 61.5 Å². The Morgan fingerprint density at radius 2 is 2.04 bits per heavy atom. The summed E-state index contributed by atoms with van der Waals surface area (Å²) in [4.78, 5) is 25.6. The number of carbonyl (C=O) groups excluding carboxylic acids is 1. The summed E-state index contributed by atoms with van der Waals surface area (Å²) in [6, 6.07) is 4.98. The van der Waals surface area contributed by atoms with Crippen molar-refractivity contribution in [3.05, 3.63) is 46.7 Å². The molecule has 1 aromatic carbocycles. The van der Waals surface area contributed by atoms with E-state index in [0.717, 1.165) is 51.5 Å².